The molecule has 0 aromatic heterocycles. The maximum Gasteiger partial charge on any atom is 0.0570 e. The summed E-state index contributed by atoms with van der Waals surface area (Å²) in [6.07, 6.45) is 4.69. The molecule has 3 heteroatoms. The van der Waals surface area contributed by atoms with E-state index in [1.165, 1.54) is 32.5 Å². The molecule has 0 aromatic rings. The lowest BCUT2D eigenvalue weighted by Crippen LogP contribution is -2.60. The molecule has 1 saturated carbocycles. The zero-order valence-electron chi connectivity index (χ0n) is 8.65. The molecule has 4 aliphatic rings. The van der Waals surface area contributed by atoms with Gasteiger partial charge in [-0.2, -0.15) is 0 Å². The van der Waals surface area contributed by atoms with Gasteiger partial charge < -0.3 is 15.3 Å². The van der Waals surface area contributed by atoms with E-state index in [2.05, 4.69) is 10.2 Å². The summed E-state index contributed by atoms with van der Waals surface area (Å²) in [5.41, 5.74) is 0. The Bertz CT molecular complexity index is 207. The van der Waals surface area contributed by atoms with Crippen molar-refractivity contribution in [3.63, 3.8) is 0 Å². The molecular weight excluding hydrogens is 176 g/mol. The van der Waals surface area contributed by atoms with E-state index in [1.807, 2.05) is 0 Å². The molecule has 80 valence electrons. The summed E-state index contributed by atoms with van der Waals surface area (Å²) >= 11 is 0. The molecule has 1 atom stereocenters. The number of aliphatic hydroxyl groups excluding tert-OH is 1. The number of hydrogen-bond acceptors (Lipinski definition) is 3. The third-order valence-corrected chi connectivity index (χ3v) is 4.22. The van der Waals surface area contributed by atoms with Gasteiger partial charge in [0.1, 0.15) is 0 Å². The summed E-state index contributed by atoms with van der Waals surface area (Å²) < 4.78 is 0. The molecule has 14 heavy (non-hydrogen) atoms. The number of hydrogen-bond donors (Lipinski definition) is 2. The molecule has 0 radical (unpaired) electrons. The zero-order valence-corrected chi connectivity index (χ0v) is 8.65. The van der Waals surface area contributed by atoms with Gasteiger partial charge >= 0.3 is 0 Å². The van der Waals surface area contributed by atoms with Crippen LogP contribution in [0.3, 0.4) is 0 Å². The fraction of sp³-hybridized carbons (Fsp3) is 1.00. The van der Waals surface area contributed by atoms with E-state index >= 15 is 0 Å². The molecule has 2 N–H and O–H groups in total. The molecule has 3 nitrogen and oxygen atoms in total. The van der Waals surface area contributed by atoms with E-state index in [-0.39, 0.29) is 6.10 Å². The molecular formula is C11H20N2O. The summed E-state index contributed by atoms with van der Waals surface area (Å²) in [7, 11) is 0. The van der Waals surface area contributed by atoms with Crippen molar-refractivity contribution in [1.82, 2.24) is 10.2 Å². The highest BCUT2D eigenvalue weighted by molar-refractivity contribution is 4.95. The smallest absolute Gasteiger partial charge is 0.0570 e. The summed E-state index contributed by atoms with van der Waals surface area (Å²) in [6, 6.07) is 1.32. The van der Waals surface area contributed by atoms with Gasteiger partial charge in [-0.05, 0) is 44.7 Å². The predicted molar refractivity (Wildman–Crippen MR) is 55.1 cm³/mol. The lowest BCUT2D eigenvalue weighted by molar-refractivity contribution is 0.0234. The lowest BCUT2D eigenvalue weighted by atomic mass is 9.81. The number of piperidine rings is 3. The second kappa shape index (κ2) is 3.47. The third-order valence-electron chi connectivity index (χ3n) is 4.22. The van der Waals surface area contributed by atoms with Gasteiger partial charge in [0.2, 0.25) is 0 Å². The van der Waals surface area contributed by atoms with E-state index in [1.54, 1.807) is 0 Å². The molecule has 3 heterocycles. The van der Waals surface area contributed by atoms with Gasteiger partial charge in [-0.1, -0.05) is 0 Å². The van der Waals surface area contributed by atoms with E-state index in [0.29, 0.717) is 6.04 Å². The van der Waals surface area contributed by atoms with E-state index in [9.17, 15) is 5.11 Å². The Morgan fingerprint density at radius 3 is 2.36 bits per heavy atom. The third kappa shape index (κ3) is 1.58. The highest BCUT2D eigenvalue weighted by Gasteiger charge is 2.37. The van der Waals surface area contributed by atoms with Crippen LogP contribution in [0.1, 0.15) is 25.7 Å². The van der Waals surface area contributed by atoms with Crippen molar-refractivity contribution in [2.24, 2.45) is 5.92 Å². The molecule has 0 spiro atoms. The van der Waals surface area contributed by atoms with Crippen molar-refractivity contribution >= 4 is 0 Å². The summed E-state index contributed by atoms with van der Waals surface area (Å²) in [4.78, 5) is 2.58. The monoisotopic (exact) mass is 196 g/mol. The minimum absolute atomic E-state index is 0.0198. The Morgan fingerprint density at radius 2 is 1.86 bits per heavy atom. The van der Waals surface area contributed by atoms with Crippen LogP contribution in [0.25, 0.3) is 0 Å². The highest BCUT2D eigenvalue weighted by Crippen LogP contribution is 2.29. The number of aliphatic hydroxyl groups is 1. The van der Waals surface area contributed by atoms with Crippen LogP contribution in [0, 0.1) is 5.92 Å². The maximum absolute atomic E-state index is 9.23. The van der Waals surface area contributed by atoms with Gasteiger partial charge in [-0.3, -0.25) is 0 Å². The van der Waals surface area contributed by atoms with Crippen molar-refractivity contribution < 1.29 is 5.11 Å². The van der Waals surface area contributed by atoms with Crippen LogP contribution < -0.4 is 5.32 Å². The summed E-state index contributed by atoms with van der Waals surface area (Å²) in [6.45, 7) is 3.88. The average molecular weight is 196 g/mol. The van der Waals surface area contributed by atoms with Gasteiger partial charge in [0.05, 0.1) is 6.10 Å². The lowest BCUT2D eigenvalue weighted by Gasteiger charge is -2.47. The Kier molecular flexibility index (Phi) is 2.26. The van der Waals surface area contributed by atoms with Crippen LogP contribution in [0.2, 0.25) is 0 Å². The highest BCUT2D eigenvalue weighted by atomic mass is 16.3. The average Bonchev–Trinajstić information content (AvgIpc) is 2.17. The van der Waals surface area contributed by atoms with Crippen LogP contribution in [-0.4, -0.2) is 47.8 Å². The van der Waals surface area contributed by atoms with Crippen LogP contribution in [0.4, 0.5) is 0 Å². The largest absolute Gasteiger partial charge is 0.393 e. The number of nitrogens with zero attached hydrogens (tertiary/aromatic N) is 1. The fourth-order valence-corrected chi connectivity index (χ4v) is 3.18. The second-order valence-corrected chi connectivity index (χ2v) is 5.23. The maximum atomic E-state index is 9.23. The first-order chi connectivity index (χ1) is 6.81. The van der Waals surface area contributed by atoms with Gasteiger partial charge in [-0.25, -0.2) is 0 Å². The van der Waals surface area contributed by atoms with Crippen LogP contribution in [0.5, 0.6) is 0 Å². The summed E-state index contributed by atoms with van der Waals surface area (Å²) in [5, 5.41) is 12.9. The van der Waals surface area contributed by atoms with E-state index in [0.717, 1.165) is 24.8 Å². The fourth-order valence-electron chi connectivity index (χ4n) is 3.18. The zero-order chi connectivity index (χ0) is 9.54. The number of fused-ring (bicyclic) bond motifs is 3. The Labute approximate surface area is 85.5 Å². The molecule has 1 unspecified atom stereocenters. The Hall–Kier alpha value is -0.120. The topological polar surface area (TPSA) is 35.5 Å². The SMILES string of the molecule is OC1CC(NC2CN3CCC2CC3)C1. The van der Waals surface area contributed by atoms with Crippen molar-refractivity contribution in [3.05, 3.63) is 0 Å². The minimum atomic E-state index is -0.0198. The number of rotatable bonds is 2. The standard InChI is InChI=1S/C11H20N2O/c14-10-5-9(6-10)12-11-7-13-3-1-8(11)2-4-13/h8-12,14H,1-7H2. The molecule has 0 amide bonds. The van der Waals surface area contributed by atoms with Crippen LogP contribution in [-0.2, 0) is 0 Å². The van der Waals surface area contributed by atoms with Gasteiger partial charge in [0.15, 0.2) is 0 Å². The molecule has 2 bridgehead atoms. The van der Waals surface area contributed by atoms with Gasteiger partial charge in [0.25, 0.3) is 0 Å². The molecule has 4 fully saturated rings. The van der Waals surface area contributed by atoms with Gasteiger partial charge in [-0.15, -0.1) is 0 Å². The molecule has 0 aromatic carbocycles. The quantitative estimate of drug-likeness (QED) is 0.662. The first kappa shape index (κ1) is 9.13. The van der Waals surface area contributed by atoms with Crippen LogP contribution >= 0.6 is 0 Å². The van der Waals surface area contributed by atoms with Gasteiger partial charge in [0, 0.05) is 18.6 Å². The van der Waals surface area contributed by atoms with E-state index in [4.69, 9.17) is 0 Å². The molecule has 3 saturated heterocycles. The first-order valence-corrected chi connectivity index (χ1v) is 5.98. The first-order valence-electron chi connectivity index (χ1n) is 5.98. The Morgan fingerprint density at radius 1 is 1.14 bits per heavy atom. The number of nitrogens with one attached hydrogen (secondary N) is 1. The normalized spacial score (nSPS) is 51.6. The van der Waals surface area contributed by atoms with Crippen molar-refractivity contribution in [2.75, 3.05) is 19.6 Å². The van der Waals surface area contributed by atoms with Crippen molar-refractivity contribution in [2.45, 2.75) is 43.9 Å². The predicted octanol–water partition coefficient (Wildman–Crippen LogP) is 0.193. The van der Waals surface area contributed by atoms with Crippen molar-refractivity contribution in [3.8, 4) is 0 Å². The second-order valence-electron chi connectivity index (χ2n) is 5.23. The minimum Gasteiger partial charge on any atom is -0.393 e. The Balaban J connectivity index is 1.53. The molecule has 3 aliphatic heterocycles. The van der Waals surface area contributed by atoms with E-state index < -0.39 is 0 Å². The van der Waals surface area contributed by atoms with Crippen LogP contribution in [0.15, 0.2) is 0 Å². The molecule has 1 aliphatic carbocycles. The summed E-state index contributed by atoms with van der Waals surface area (Å²) in [5.74, 6) is 0.915. The molecule has 4 rings (SSSR count). The van der Waals surface area contributed by atoms with Crippen molar-refractivity contribution in [1.29, 1.82) is 0 Å².